The summed E-state index contributed by atoms with van der Waals surface area (Å²) in [5, 5.41) is 8.03. The predicted molar refractivity (Wildman–Crippen MR) is 111 cm³/mol. The summed E-state index contributed by atoms with van der Waals surface area (Å²) in [6.45, 7) is 7.94. The van der Waals surface area contributed by atoms with Gasteiger partial charge in [-0.1, -0.05) is 39.0 Å². The monoisotopic (exact) mass is 371 g/mol. The Hall–Kier alpha value is -2.50. The highest BCUT2D eigenvalue weighted by molar-refractivity contribution is 5.79. The van der Waals surface area contributed by atoms with Crippen molar-refractivity contribution in [3.63, 3.8) is 0 Å². The Labute approximate surface area is 163 Å². The molecular formula is C21H33N5O. The van der Waals surface area contributed by atoms with Gasteiger partial charge < -0.3 is 15.0 Å². The molecule has 0 aliphatic carbocycles. The van der Waals surface area contributed by atoms with E-state index in [9.17, 15) is 0 Å². The fraction of sp³-hybridized carbons (Fsp3) is 0.524. The Morgan fingerprint density at radius 1 is 1.30 bits per heavy atom. The number of nitrogens with one attached hydrogen (secondary N) is 1. The summed E-state index contributed by atoms with van der Waals surface area (Å²) >= 11 is 0. The molecule has 0 spiro atoms. The lowest BCUT2D eigenvalue weighted by Crippen LogP contribution is -2.43. The fourth-order valence-electron chi connectivity index (χ4n) is 3.04. The maximum atomic E-state index is 6.06. The van der Waals surface area contributed by atoms with Crippen molar-refractivity contribution < 1.29 is 4.74 Å². The highest BCUT2D eigenvalue weighted by atomic mass is 16.5. The topological polar surface area (TPSA) is 54.7 Å². The van der Waals surface area contributed by atoms with Gasteiger partial charge in [0, 0.05) is 39.4 Å². The largest absolute Gasteiger partial charge is 0.489 e. The van der Waals surface area contributed by atoms with Gasteiger partial charge >= 0.3 is 0 Å². The second kappa shape index (κ2) is 10.00. The molecule has 0 fully saturated rings. The van der Waals surface area contributed by atoms with Crippen LogP contribution in [0.2, 0.25) is 0 Å². The third kappa shape index (κ3) is 6.01. The van der Waals surface area contributed by atoms with Gasteiger partial charge in [0.2, 0.25) is 0 Å². The van der Waals surface area contributed by atoms with E-state index in [0.29, 0.717) is 12.5 Å². The first-order chi connectivity index (χ1) is 12.9. The van der Waals surface area contributed by atoms with Crippen LogP contribution < -0.4 is 10.1 Å². The summed E-state index contributed by atoms with van der Waals surface area (Å²) in [4.78, 5) is 6.55. The summed E-state index contributed by atoms with van der Waals surface area (Å²) < 4.78 is 7.95. The van der Waals surface area contributed by atoms with Crippen LogP contribution in [-0.4, -0.2) is 47.4 Å². The molecule has 0 saturated carbocycles. The molecule has 6 nitrogen and oxygen atoms in total. The molecule has 0 aliphatic heterocycles. The van der Waals surface area contributed by atoms with Crippen molar-refractivity contribution in [2.75, 3.05) is 20.6 Å². The van der Waals surface area contributed by atoms with Gasteiger partial charge in [-0.25, -0.2) is 0 Å². The number of aromatic nitrogens is 2. The number of aliphatic imine (C=N–C) groups is 1. The van der Waals surface area contributed by atoms with E-state index in [0.717, 1.165) is 30.4 Å². The molecule has 1 N–H and O–H groups in total. The van der Waals surface area contributed by atoms with Gasteiger partial charge in [0.15, 0.2) is 5.96 Å². The molecule has 2 rings (SSSR count). The average Bonchev–Trinajstić information content (AvgIpc) is 3.02. The molecule has 0 radical (unpaired) electrons. The molecule has 27 heavy (non-hydrogen) atoms. The van der Waals surface area contributed by atoms with Crippen LogP contribution in [0.4, 0.5) is 0 Å². The van der Waals surface area contributed by atoms with E-state index in [1.165, 1.54) is 5.56 Å². The SMILES string of the molecule is CCC(CNC(=NC)N(C)Cc1cn(C)nc1C(C)C)Oc1ccccc1. The fourth-order valence-corrected chi connectivity index (χ4v) is 3.04. The van der Waals surface area contributed by atoms with Crippen LogP contribution in [-0.2, 0) is 13.6 Å². The van der Waals surface area contributed by atoms with Crippen molar-refractivity contribution in [2.45, 2.75) is 45.8 Å². The first-order valence-electron chi connectivity index (χ1n) is 9.60. The van der Waals surface area contributed by atoms with Gasteiger partial charge in [0.05, 0.1) is 12.2 Å². The number of benzene rings is 1. The minimum absolute atomic E-state index is 0.0853. The Kier molecular flexibility index (Phi) is 7.70. The van der Waals surface area contributed by atoms with Crippen LogP contribution in [0, 0.1) is 0 Å². The summed E-state index contributed by atoms with van der Waals surface area (Å²) in [5.41, 5.74) is 2.36. The molecule has 6 heteroatoms. The van der Waals surface area contributed by atoms with Gasteiger partial charge in [-0.3, -0.25) is 9.67 Å². The molecule has 1 atom stereocenters. The third-order valence-corrected chi connectivity index (χ3v) is 4.45. The summed E-state index contributed by atoms with van der Waals surface area (Å²) in [7, 11) is 5.82. The van der Waals surface area contributed by atoms with Crippen molar-refractivity contribution >= 4 is 5.96 Å². The van der Waals surface area contributed by atoms with Gasteiger partial charge in [0.1, 0.15) is 11.9 Å². The Morgan fingerprint density at radius 3 is 2.59 bits per heavy atom. The number of para-hydroxylation sites is 1. The van der Waals surface area contributed by atoms with Crippen molar-refractivity contribution in [3.8, 4) is 5.75 Å². The zero-order valence-corrected chi connectivity index (χ0v) is 17.4. The van der Waals surface area contributed by atoms with Crippen molar-refractivity contribution in [1.29, 1.82) is 0 Å². The third-order valence-electron chi connectivity index (χ3n) is 4.45. The summed E-state index contributed by atoms with van der Waals surface area (Å²) in [6, 6.07) is 9.94. The number of guanidine groups is 1. The molecule has 1 aromatic carbocycles. The summed E-state index contributed by atoms with van der Waals surface area (Å²) in [6.07, 6.45) is 3.09. The molecule has 1 unspecified atom stereocenters. The Morgan fingerprint density at radius 2 is 2.00 bits per heavy atom. The molecular weight excluding hydrogens is 338 g/mol. The zero-order valence-electron chi connectivity index (χ0n) is 17.4. The van der Waals surface area contributed by atoms with Crippen LogP contribution >= 0.6 is 0 Å². The maximum Gasteiger partial charge on any atom is 0.193 e. The number of aryl methyl sites for hydroxylation is 1. The van der Waals surface area contributed by atoms with E-state index < -0.39 is 0 Å². The lowest BCUT2D eigenvalue weighted by atomic mass is 10.1. The molecule has 148 valence electrons. The quantitative estimate of drug-likeness (QED) is 0.571. The molecule has 1 heterocycles. The van der Waals surface area contributed by atoms with Gasteiger partial charge in [0.25, 0.3) is 0 Å². The molecule has 0 saturated heterocycles. The molecule has 2 aromatic rings. The van der Waals surface area contributed by atoms with E-state index >= 15 is 0 Å². The molecule has 0 bridgehead atoms. The van der Waals surface area contributed by atoms with Crippen LogP contribution in [0.3, 0.4) is 0 Å². The van der Waals surface area contributed by atoms with Crippen molar-refractivity contribution in [2.24, 2.45) is 12.0 Å². The van der Waals surface area contributed by atoms with E-state index in [4.69, 9.17) is 4.74 Å². The molecule has 1 aromatic heterocycles. The predicted octanol–water partition coefficient (Wildman–Crippen LogP) is 3.41. The maximum absolute atomic E-state index is 6.06. The minimum Gasteiger partial charge on any atom is -0.489 e. The van der Waals surface area contributed by atoms with Crippen LogP contribution in [0.1, 0.15) is 44.4 Å². The van der Waals surface area contributed by atoms with Crippen molar-refractivity contribution in [1.82, 2.24) is 20.0 Å². The molecule has 0 aliphatic rings. The number of hydrogen-bond acceptors (Lipinski definition) is 3. The zero-order chi connectivity index (χ0) is 19.8. The number of nitrogens with zero attached hydrogens (tertiary/aromatic N) is 4. The van der Waals surface area contributed by atoms with E-state index in [1.807, 2.05) is 56.2 Å². The Bertz CT molecular complexity index is 723. The number of hydrogen-bond donors (Lipinski definition) is 1. The first-order valence-corrected chi connectivity index (χ1v) is 9.60. The minimum atomic E-state index is 0.0853. The van der Waals surface area contributed by atoms with Gasteiger partial charge in [-0.05, 0) is 24.5 Å². The first kappa shape index (κ1) is 20.8. The molecule has 0 amide bonds. The average molecular weight is 372 g/mol. The second-order valence-corrected chi connectivity index (χ2v) is 7.11. The summed E-state index contributed by atoms with van der Waals surface area (Å²) in [5.74, 6) is 2.14. The van der Waals surface area contributed by atoms with E-state index in [-0.39, 0.29) is 6.10 Å². The van der Waals surface area contributed by atoms with E-state index in [1.54, 1.807) is 0 Å². The lowest BCUT2D eigenvalue weighted by Gasteiger charge is -2.25. The smallest absolute Gasteiger partial charge is 0.193 e. The van der Waals surface area contributed by atoms with Crippen LogP contribution in [0.15, 0.2) is 41.5 Å². The van der Waals surface area contributed by atoms with Gasteiger partial charge in [-0.15, -0.1) is 0 Å². The normalized spacial score (nSPS) is 12.9. The van der Waals surface area contributed by atoms with Crippen LogP contribution in [0.5, 0.6) is 5.75 Å². The second-order valence-electron chi connectivity index (χ2n) is 7.11. The Balaban J connectivity index is 1.95. The van der Waals surface area contributed by atoms with Crippen molar-refractivity contribution in [3.05, 3.63) is 47.8 Å². The highest BCUT2D eigenvalue weighted by Gasteiger charge is 2.16. The number of ether oxygens (including phenoxy) is 1. The lowest BCUT2D eigenvalue weighted by molar-refractivity contribution is 0.198. The standard InChI is InChI=1S/C21H33N5O/c1-7-18(27-19-11-9-8-10-12-19)13-23-21(22-4)25(5)14-17-15-26(6)24-20(17)16(2)3/h8-12,15-16,18H,7,13-14H2,1-6H3,(H,22,23). The number of rotatable bonds is 8. The van der Waals surface area contributed by atoms with E-state index in [2.05, 4.69) is 47.3 Å². The highest BCUT2D eigenvalue weighted by Crippen LogP contribution is 2.18. The van der Waals surface area contributed by atoms with Crippen LogP contribution in [0.25, 0.3) is 0 Å². The van der Waals surface area contributed by atoms with Gasteiger partial charge in [-0.2, -0.15) is 5.10 Å².